The Bertz CT molecular complexity index is 563. The normalized spacial score (nSPS) is 10.4. The van der Waals surface area contributed by atoms with Gasteiger partial charge in [-0.25, -0.2) is 18.7 Å². The average Bonchev–Trinajstić information content (AvgIpc) is 2.35. The van der Waals surface area contributed by atoms with E-state index in [-0.39, 0.29) is 10.8 Å². The molecular formula is C11H8ClF2N3S. The summed E-state index contributed by atoms with van der Waals surface area (Å²) in [6.07, 6.45) is 1.45. The fourth-order valence-corrected chi connectivity index (χ4v) is 2.06. The van der Waals surface area contributed by atoms with Gasteiger partial charge in [0.1, 0.15) is 10.1 Å². The third-order valence-corrected chi connectivity index (χ3v) is 3.19. The molecule has 0 fully saturated rings. The maximum absolute atomic E-state index is 13.5. The van der Waals surface area contributed by atoms with Crippen LogP contribution in [0.1, 0.15) is 0 Å². The summed E-state index contributed by atoms with van der Waals surface area (Å²) in [4.78, 5) is 7.84. The molecule has 0 aromatic carbocycles. The number of anilines is 1. The van der Waals surface area contributed by atoms with Crippen LogP contribution in [0.4, 0.5) is 14.6 Å². The van der Waals surface area contributed by atoms with Crippen molar-refractivity contribution < 1.29 is 8.78 Å². The second-order valence-corrected chi connectivity index (χ2v) is 4.72. The van der Waals surface area contributed by atoms with Crippen LogP contribution in [-0.4, -0.2) is 17.0 Å². The molecule has 2 aromatic heterocycles. The Kier molecular flexibility index (Phi) is 3.98. The van der Waals surface area contributed by atoms with E-state index in [0.29, 0.717) is 10.0 Å². The van der Waals surface area contributed by atoms with E-state index < -0.39 is 11.6 Å². The number of aromatic nitrogens is 2. The smallest absolute Gasteiger partial charge is 0.168 e. The zero-order chi connectivity index (χ0) is 13.1. The van der Waals surface area contributed by atoms with Crippen LogP contribution >= 0.6 is 23.4 Å². The summed E-state index contributed by atoms with van der Waals surface area (Å²) in [5.74, 6) is -1.47. The molecule has 94 valence electrons. The first-order chi connectivity index (χ1) is 8.60. The van der Waals surface area contributed by atoms with Crippen molar-refractivity contribution >= 4 is 29.2 Å². The third kappa shape index (κ3) is 2.88. The van der Waals surface area contributed by atoms with Gasteiger partial charge in [-0.05, 0) is 23.9 Å². The zero-order valence-corrected chi connectivity index (χ0v) is 10.8. The largest absolute Gasteiger partial charge is 0.371 e. The molecular weight excluding hydrogens is 280 g/mol. The van der Waals surface area contributed by atoms with Crippen molar-refractivity contribution in [3.05, 3.63) is 41.1 Å². The van der Waals surface area contributed by atoms with E-state index >= 15 is 0 Å². The number of hydrogen-bond donors (Lipinski definition) is 1. The summed E-state index contributed by atoms with van der Waals surface area (Å²) in [6.45, 7) is 0. The lowest BCUT2D eigenvalue weighted by Gasteiger charge is -2.06. The van der Waals surface area contributed by atoms with Crippen LogP contribution in [0.15, 0.2) is 34.4 Å². The quantitative estimate of drug-likeness (QED) is 0.936. The van der Waals surface area contributed by atoms with Crippen LogP contribution in [0.5, 0.6) is 0 Å². The molecule has 7 heteroatoms. The first kappa shape index (κ1) is 13.0. The first-order valence-electron chi connectivity index (χ1n) is 4.93. The van der Waals surface area contributed by atoms with E-state index in [4.69, 9.17) is 11.6 Å². The number of nitrogens with one attached hydrogen (secondary N) is 1. The Labute approximate surface area is 112 Å². The van der Waals surface area contributed by atoms with Crippen LogP contribution in [0.25, 0.3) is 0 Å². The van der Waals surface area contributed by atoms with Crippen molar-refractivity contribution in [3.63, 3.8) is 0 Å². The van der Waals surface area contributed by atoms with Crippen LogP contribution < -0.4 is 5.32 Å². The van der Waals surface area contributed by atoms with Gasteiger partial charge in [-0.3, -0.25) is 0 Å². The second-order valence-electron chi connectivity index (χ2n) is 3.27. The van der Waals surface area contributed by atoms with Crippen molar-refractivity contribution in [3.8, 4) is 0 Å². The number of pyridine rings is 2. The summed E-state index contributed by atoms with van der Waals surface area (Å²) >= 11 is 6.69. The lowest BCUT2D eigenvalue weighted by Crippen LogP contribution is -1.99. The van der Waals surface area contributed by atoms with Crippen molar-refractivity contribution in [1.82, 2.24) is 9.97 Å². The lowest BCUT2D eigenvalue weighted by molar-refractivity contribution is 0.551. The molecule has 1 N–H and O–H groups in total. The molecule has 2 rings (SSSR count). The second kappa shape index (κ2) is 5.49. The van der Waals surface area contributed by atoms with Gasteiger partial charge in [0.05, 0.1) is 5.02 Å². The fraction of sp³-hybridized carbons (Fsp3) is 0.0909. The maximum Gasteiger partial charge on any atom is 0.168 e. The summed E-state index contributed by atoms with van der Waals surface area (Å²) in [5, 5.41) is 3.62. The van der Waals surface area contributed by atoms with E-state index in [9.17, 15) is 8.78 Å². The molecule has 3 nitrogen and oxygen atoms in total. The van der Waals surface area contributed by atoms with E-state index in [0.717, 1.165) is 17.8 Å². The topological polar surface area (TPSA) is 37.8 Å². The molecule has 18 heavy (non-hydrogen) atoms. The van der Waals surface area contributed by atoms with Crippen LogP contribution in [0, 0.1) is 11.6 Å². The maximum atomic E-state index is 13.5. The van der Waals surface area contributed by atoms with Gasteiger partial charge in [0, 0.05) is 19.3 Å². The van der Waals surface area contributed by atoms with Crippen molar-refractivity contribution in [1.29, 1.82) is 0 Å². The Morgan fingerprint density at radius 3 is 2.67 bits per heavy atom. The highest BCUT2D eigenvalue weighted by Crippen LogP contribution is 2.29. The molecule has 0 aliphatic carbocycles. The molecule has 2 aromatic rings. The molecule has 0 unspecified atom stereocenters. The molecule has 0 bridgehead atoms. The minimum atomic E-state index is -0.733. The zero-order valence-electron chi connectivity index (χ0n) is 9.25. The minimum Gasteiger partial charge on any atom is -0.371 e. The highest BCUT2D eigenvalue weighted by Gasteiger charge is 2.12. The van der Waals surface area contributed by atoms with Crippen molar-refractivity contribution in [2.24, 2.45) is 0 Å². The summed E-state index contributed by atoms with van der Waals surface area (Å²) < 4.78 is 26.7. The molecule has 0 aliphatic rings. The van der Waals surface area contributed by atoms with Gasteiger partial charge in [0.25, 0.3) is 0 Å². The Morgan fingerprint density at radius 1 is 1.28 bits per heavy atom. The van der Waals surface area contributed by atoms with E-state index in [1.54, 1.807) is 12.1 Å². The SMILES string of the molecule is CNc1nc(Sc2ccc(Cl)cn2)c(F)cc1F. The summed E-state index contributed by atoms with van der Waals surface area (Å²) in [5.41, 5.74) is 0. The molecule has 0 atom stereocenters. The van der Waals surface area contributed by atoms with E-state index in [1.807, 2.05) is 0 Å². The Morgan fingerprint density at radius 2 is 2.06 bits per heavy atom. The lowest BCUT2D eigenvalue weighted by atomic mass is 10.4. The van der Waals surface area contributed by atoms with Crippen LogP contribution in [0.2, 0.25) is 5.02 Å². The van der Waals surface area contributed by atoms with Gasteiger partial charge in [-0.15, -0.1) is 0 Å². The molecule has 0 spiro atoms. The van der Waals surface area contributed by atoms with E-state index in [1.165, 1.54) is 13.2 Å². The van der Waals surface area contributed by atoms with Crippen molar-refractivity contribution in [2.75, 3.05) is 12.4 Å². The summed E-state index contributed by atoms with van der Waals surface area (Å²) in [7, 11) is 1.51. The fourth-order valence-electron chi connectivity index (χ4n) is 1.22. The molecule has 0 radical (unpaired) electrons. The highest BCUT2D eigenvalue weighted by molar-refractivity contribution is 7.99. The van der Waals surface area contributed by atoms with Gasteiger partial charge >= 0.3 is 0 Å². The molecule has 0 amide bonds. The predicted molar refractivity (Wildman–Crippen MR) is 67.1 cm³/mol. The molecule has 2 heterocycles. The van der Waals surface area contributed by atoms with Crippen molar-refractivity contribution in [2.45, 2.75) is 10.1 Å². The number of hydrogen-bond acceptors (Lipinski definition) is 4. The summed E-state index contributed by atoms with van der Waals surface area (Å²) in [6, 6.07) is 4.06. The van der Waals surface area contributed by atoms with Gasteiger partial charge in [-0.2, -0.15) is 0 Å². The number of nitrogens with zero attached hydrogens (tertiary/aromatic N) is 2. The molecule has 0 aliphatic heterocycles. The number of rotatable bonds is 3. The predicted octanol–water partition coefficient (Wildman–Crippen LogP) is 3.60. The number of halogens is 3. The van der Waals surface area contributed by atoms with Crippen LogP contribution in [-0.2, 0) is 0 Å². The van der Waals surface area contributed by atoms with Gasteiger partial charge in [-0.1, -0.05) is 11.6 Å². The van der Waals surface area contributed by atoms with E-state index in [2.05, 4.69) is 15.3 Å². The van der Waals surface area contributed by atoms with Crippen LogP contribution in [0.3, 0.4) is 0 Å². The third-order valence-electron chi connectivity index (χ3n) is 2.04. The Balaban J connectivity index is 2.31. The minimum absolute atomic E-state index is 0.00661. The standard InChI is InChI=1S/C11H8ClF2N3S/c1-15-10-7(13)4-8(14)11(17-10)18-9-3-2-6(12)5-16-9/h2-5H,1H3,(H,15,17). The van der Waals surface area contributed by atoms with Gasteiger partial charge < -0.3 is 5.32 Å². The molecule has 0 saturated heterocycles. The van der Waals surface area contributed by atoms with Gasteiger partial charge in [0.15, 0.2) is 17.5 Å². The highest BCUT2D eigenvalue weighted by atomic mass is 35.5. The van der Waals surface area contributed by atoms with Gasteiger partial charge in [0.2, 0.25) is 0 Å². The first-order valence-corrected chi connectivity index (χ1v) is 6.13. The Hall–Kier alpha value is -1.40. The monoisotopic (exact) mass is 287 g/mol. The molecule has 0 saturated carbocycles. The average molecular weight is 288 g/mol.